The third kappa shape index (κ3) is 4.03. The largest absolute Gasteiger partial charge is 0.465 e. The Morgan fingerprint density at radius 3 is 2.69 bits per heavy atom. The minimum Gasteiger partial charge on any atom is -0.465 e. The summed E-state index contributed by atoms with van der Waals surface area (Å²) in [6.07, 6.45) is 0. The van der Waals surface area contributed by atoms with E-state index in [0.717, 1.165) is 11.8 Å². The van der Waals surface area contributed by atoms with Gasteiger partial charge in [0, 0.05) is 10.0 Å². The van der Waals surface area contributed by atoms with Gasteiger partial charge in [0.25, 0.3) is 5.56 Å². The molecule has 0 radical (unpaired) electrons. The normalized spacial score (nSPS) is 10.9. The van der Waals surface area contributed by atoms with E-state index in [4.69, 9.17) is 27.9 Å². The first-order valence-electron chi connectivity index (χ1n) is 7.76. The van der Waals surface area contributed by atoms with Gasteiger partial charge in [0.2, 0.25) is 0 Å². The van der Waals surface area contributed by atoms with Gasteiger partial charge in [0.05, 0.1) is 29.0 Å². The van der Waals surface area contributed by atoms with Crippen molar-refractivity contribution >= 4 is 51.8 Å². The number of halogens is 2. The van der Waals surface area contributed by atoms with Crippen LogP contribution in [0.3, 0.4) is 0 Å². The Balaban J connectivity index is 2.17. The van der Waals surface area contributed by atoms with E-state index in [-0.39, 0.29) is 17.3 Å². The molecule has 0 aliphatic heterocycles. The molecule has 0 saturated heterocycles. The van der Waals surface area contributed by atoms with E-state index in [9.17, 15) is 9.59 Å². The maximum atomic E-state index is 13.0. The molecule has 0 atom stereocenters. The van der Waals surface area contributed by atoms with Gasteiger partial charge in [-0.15, -0.1) is 0 Å². The molecule has 0 bridgehead atoms. The second-order valence-electron chi connectivity index (χ2n) is 5.27. The average Bonchev–Trinajstić information content (AvgIpc) is 2.60. The van der Waals surface area contributed by atoms with Gasteiger partial charge in [-0.1, -0.05) is 41.0 Å². The number of hydrogen-bond acceptors (Lipinski definition) is 5. The molecule has 0 fully saturated rings. The highest BCUT2D eigenvalue weighted by atomic mass is 35.5. The maximum absolute atomic E-state index is 13.0. The molecule has 0 aliphatic rings. The van der Waals surface area contributed by atoms with Crippen LogP contribution in [0, 0.1) is 0 Å². The molecular formula is C18H14Cl2N2O3S. The van der Waals surface area contributed by atoms with Gasteiger partial charge in [-0.3, -0.25) is 14.2 Å². The number of esters is 1. The summed E-state index contributed by atoms with van der Waals surface area (Å²) < 4.78 is 6.38. The maximum Gasteiger partial charge on any atom is 0.316 e. The van der Waals surface area contributed by atoms with Crippen LogP contribution in [0.25, 0.3) is 16.6 Å². The topological polar surface area (TPSA) is 61.2 Å². The number of aromatic nitrogens is 2. The molecule has 3 aromatic rings. The van der Waals surface area contributed by atoms with E-state index >= 15 is 0 Å². The van der Waals surface area contributed by atoms with Crippen LogP contribution in [0.5, 0.6) is 0 Å². The lowest BCUT2D eigenvalue weighted by Gasteiger charge is -2.13. The van der Waals surface area contributed by atoms with Gasteiger partial charge >= 0.3 is 5.97 Å². The summed E-state index contributed by atoms with van der Waals surface area (Å²) in [5.74, 6) is -0.344. The summed E-state index contributed by atoms with van der Waals surface area (Å²) in [6.45, 7) is 2.03. The summed E-state index contributed by atoms with van der Waals surface area (Å²) in [4.78, 5) is 29.3. The van der Waals surface area contributed by atoms with E-state index in [1.807, 2.05) is 0 Å². The smallest absolute Gasteiger partial charge is 0.316 e. The number of nitrogens with zero attached hydrogens (tertiary/aromatic N) is 2. The molecule has 0 amide bonds. The molecule has 2 aromatic carbocycles. The molecule has 0 spiro atoms. The van der Waals surface area contributed by atoms with Crippen LogP contribution in [-0.2, 0) is 9.53 Å². The molecule has 134 valence electrons. The fourth-order valence-corrected chi connectivity index (χ4v) is 3.57. The Bertz CT molecular complexity index is 1040. The second kappa shape index (κ2) is 8.12. The van der Waals surface area contributed by atoms with Gasteiger partial charge in [-0.2, -0.15) is 0 Å². The van der Waals surface area contributed by atoms with E-state index in [2.05, 4.69) is 4.98 Å². The monoisotopic (exact) mass is 408 g/mol. The van der Waals surface area contributed by atoms with Crippen molar-refractivity contribution in [2.75, 3.05) is 12.4 Å². The third-order valence-electron chi connectivity index (χ3n) is 3.49. The Kier molecular flexibility index (Phi) is 5.86. The molecule has 8 heteroatoms. The molecule has 26 heavy (non-hydrogen) atoms. The van der Waals surface area contributed by atoms with Crippen LogP contribution in [0.1, 0.15) is 6.92 Å². The lowest BCUT2D eigenvalue weighted by atomic mass is 10.2. The van der Waals surface area contributed by atoms with E-state index in [0.29, 0.717) is 38.4 Å². The number of thioether (sulfide) groups is 1. The van der Waals surface area contributed by atoms with E-state index in [1.54, 1.807) is 49.4 Å². The molecule has 5 nitrogen and oxygen atoms in total. The van der Waals surface area contributed by atoms with Crippen molar-refractivity contribution in [1.82, 2.24) is 9.55 Å². The molecule has 0 N–H and O–H groups in total. The summed E-state index contributed by atoms with van der Waals surface area (Å²) in [7, 11) is 0. The predicted octanol–water partition coefficient (Wildman–Crippen LogP) is 4.35. The summed E-state index contributed by atoms with van der Waals surface area (Å²) >= 11 is 13.2. The summed E-state index contributed by atoms with van der Waals surface area (Å²) in [5, 5.41) is 1.76. The summed E-state index contributed by atoms with van der Waals surface area (Å²) in [5.41, 5.74) is 0.769. The van der Waals surface area contributed by atoms with Crippen LogP contribution < -0.4 is 5.56 Å². The van der Waals surface area contributed by atoms with Gasteiger partial charge in [-0.05, 0) is 43.3 Å². The van der Waals surface area contributed by atoms with Crippen LogP contribution >= 0.6 is 35.0 Å². The van der Waals surface area contributed by atoms with Crippen molar-refractivity contribution in [3.05, 3.63) is 62.9 Å². The van der Waals surface area contributed by atoms with E-state index in [1.165, 1.54) is 4.57 Å². The van der Waals surface area contributed by atoms with Crippen molar-refractivity contribution in [3.8, 4) is 5.69 Å². The number of fused-ring (bicyclic) bond motifs is 1. The van der Waals surface area contributed by atoms with Crippen LogP contribution in [-0.4, -0.2) is 27.9 Å². The van der Waals surface area contributed by atoms with Crippen molar-refractivity contribution in [2.45, 2.75) is 12.1 Å². The van der Waals surface area contributed by atoms with Crippen LogP contribution in [0.4, 0.5) is 0 Å². The first kappa shape index (κ1) is 18.8. The lowest BCUT2D eigenvalue weighted by molar-refractivity contribution is -0.139. The fraction of sp³-hybridized carbons (Fsp3) is 0.167. The lowest BCUT2D eigenvalue weighted by Crippen LogP contribution is -2.22. The molecule has 0 unspecified atom stereocenters. The number of ether oxygens (including phenoxy) is 1. The van der Waals surface area contributed by atoms with Crippen LogP contribution in [0.2, 0.25) is 10.0 Å². The zero-order valence-electron chi connectivity index (χ0n) is 13.7. The number of benzene rings is 2. The van der Waals surface area contributed by atoms with Crippen LogP contribution in [0.15, 0.2) is 52.4 Å². The molecule has 1 aromatic heterocycles. The van der Waals surface area contributed by atoms with Crippen molar-refractivity contribution in [2.24, 2.45) is 0 Å². The molecule has 0 saturated carbocycles. The SMILES string of the molecule is CCOC(=O)CSc1nc2cc(Cl)ccc2c(=O)n1-c1cccc(Cl)c1. The average molecular weight is 409 g/mol. The van der Waals surface area contributed by atoms with Gasteiger partial charge in [-0.25, -0.2) is 4.98 Å². The van der Waals surface area contributed by atoms with Crippen molar-refractivity contribution < 1.29 is 9.53 Å². The number of hydrogen-bond donors (Lipinski definition) is 0. The number of carbonyl (C=O) groups is 1. The first-order chi connectivity index (χ1) is 12.5. The minimum absolute atomic E-state index is 0.0346. The predicted molar refractivity (Wildman–Crippen MR) is 105 cm³/mol. The quantitative estimate of drug-likeness (QED) is 0.356. The summed E-state index contributed by atoms with van der Waals surface area (Å²) in [6, 6.07) is 11.8. The molecule has 1 heterocycles. The van der Waals surface area contributed by atoms with Gasteiger partial charge < -0.3 is 4.74 Å². The molecular weight excluding hydrogens is 395 g/mol. The zero-order valence-corrected chi connectivity index (χ0v) is 16.1. The number of carbonyl (C=O) groups excluding carboxylic acids is 1. The fourth-order valence-electron chi connectivity index (χ4n) is 2.40. The highest BCUT2D eigenvalue weighted by Crippen LogP contribution is 2.24. The van der Waals surface area contributed by atoms with Gasteiger partial charge in [0.15, 0.2) is 5.16 Å². The molecule has 0 aliphatic carbocycles. The van der Waals surface area contributed by atoms with Gasteiger partial charge in [0.1, 0.15) is 0 Å². The first-order valence-corrected chi connectivity index (χ1v) is 9.50. The number of rotatable bonds is 5. The Morgan fingerprint density at radius 2 is 1.96 bits per heavy atom. The second-order valence-corrected chi connectivity index (χ2v) is 7.09. The van der Waals surface area contributed by atoms with Crippen molar-refractivity contribution in [1.29, 1.82) is 0 Å². The third-order valence-corrected chi connectivity index (χ3v) is 4.87. The Labute approximate surface area is 163 Å². The highest BCUT2D eigenvalue weighted by molar-refractivity contribution is 7.99. The molecule has 3 rings (SSSR count). The standard InChI is InChI=1S/C18H14Cl2N2O3S/c1-2-25-16(23)10-26-18-21-15-9-12(20)6-7-14(15)17(24)22(18)13-5-3-4-11(19)8-13/h3-9H,2,10H2,1H3. The Hall–Kier alpha value is -2.02. The van der Waals surface area contributed by atoms with E-state index < -0.39 is 0 Å². The van der Waals surface area contributed by atoms with Crippen molar-refractivity contribution in [3.63, 3.8) is 0 Å². The highest BCUT2D eigenvalue weighted by Gasteiger charge is 2.15. The minimum atomic E-state index is -0.379. The zero-order chi connectivity index (χ0) is 18.7. The Morgan fingerprint density at radius 1 is 1.19 bits per heavy atom.